The minimum absolute atomic E-state index is 0.781. The van der Waals surface area contributed by atoms with E-state index in [4.69, 9.17) is 0 Å². The van der Waals surface area contributed by atoms with Crippen molar-refractivity contribution in [3.05, 3.63) is 15.2 Å². The van der Waals surface area contributed by atoms with Crippen LogP contribution in [0.3, 0.4) is 0 Å². The van der Waals surface area contributed by atoms with Crippen LogP contribution in [0.5, 0.6) is 0 Å². The Morgan fingerprint density at radius 2 is 2.42 bits per heavy atom. The first-order valence-electron chi connectivity index (χ1n) is 3.25. The van der Waals surface area contributed by atoms with E-state index in [1.54, 1.807) is 16.0 Å². The summed E-state index contributed by atoms with van der Waals surface area (Å²) in [4.78, 5) is 0. The third-order valence-electron chi connectivity index (χ3n) is 1.48. The van der Waals surface area contributed by atoms with Crippen molar-refractivity contribution in [2.24, 2.45) is 7.05 Å². The van der Waals surface area contributed by atoms with E-state index in [2.05, 4.69) is 31.5 Å². The van der Waals surface area contributed by atoms with Crippen molar-refractivity contribution in [3.63, 3.8) is 0 Å². The highest BCUT2D eigenvalue weighted by Crippen LogP contribution is 2.30. The standard InChI is InChI=1S/C6H5BrN4S/c1-11-6(8-9-10-11)4-2-3-12-5(4)7/h2-3H,1H3. The molecule has 2 aromatic heterocycles. The van der Waals surface area contributed by atoms with Crippen LogP contribution in [0.4, 0.5) is 0 Å². The molecule has 0 aliphatic carbocycles. The molecule has 6 heteroatoms. The van der Waals surface area contributed by atoms with Crippen LogP contribution < -0.4 is 0 Å². The summed E-state index contributed by atoms with van der Waals surface area (Å²) < 4.78 is 2.70. The van der Waals surface area contributed by atoms with Gasteiger partial charge in [-0.05, 0) is 37.8 Å². The highest BCUT2D eigenvalue weighted by Gasteiger charge is 2.09. The molecule has 0 N–H and O–H groups in total. The lowest BCUT2D eigenvalue weighted by atomic mass is 10.3. The molecule has 0 bridgehead atoms. The van der Waals surface area contributed by atoms with Gasteiger partial charge in [0.15, 0.2) is 5.82 Å². The van der Waals surface area contributed by atoms with Crippen LogP contribution in [0.15, 0.2) is 15.2 Å². The van der Waals surface area contributed by atoms with Gasteiger partial charge in [0.05, 0.1) is 3.79 Å². The quantitative estimate of drug-likeness (QED) is 0.768. The molecule has 2 aromatic rings. The Balaban J connectivity index is 2.57. The Bertz CT molecular complexity index is 355. The molecule has 0 radical (unpaired) electrons. The molecule has 0 saturated carbocycles. The van der Waals surface area contributed by atoms with Gasteiger partial charge in [0.25, 0.3) is 0 Å². The zero-order valence-electron chi connectivity index (χ0n) is 6.23. The van der Waals surface area contributed by atoms with Crippen LogP contribution in [0, 0.1) is 0 Å². The van der Waals surface area contributed by atoms with Crippen molar-refractivity contribution >= 4 is 27.3 Å². The van der Waals surface area contributed by atoms with E-state index in [9.17, 15) is 0 Å². The Hall–Kier alpha value is -0.750. The number of halogens is 1. The van der Waals surface area contributed by atoms with Gasteiger partial charge in [-0.25, -0.2) is 4.68 Å². The number of aromatic nitrogens is 4. The Morgan fingerprint density at radius 1 is 1.58 bits per heavy atom. The Labute approximate surface area is 81.3 Å². The molecule has 0 aromatic carbocycles. The third-order valence-corrected chi connectivity index (χ3v) is 3.17. The number of aryl methyl sites for hydroxylation is 1. The minimum Gasteiger partial charge on any atom is -0.228 e. The lowest BCUT2D eigenvalue weighted by Gasteiger charge is -1.94. The zero-order chi connectivity index (χ0) is 8.55. The largest absolute Gasteiger partial charge is 0.228 e. The van der Waals surface area contributed by atoms with E-state index >= 15 is 0 Å². The fraction of sp³-hybridized carbons (Fsp3) is 0.167. The van der Waals surface area contributed by atoms with Crippen LogP contribution in [-0.2, 0) is 7.05 Å². The smallest absolute Gasteiger partial charge is 0.183 e. The number of hydrogen-bond acceptors (Lipinski definition) is 4. The van der Waals surface area contributed by atoms with Crippen molar-refractivity contribution in [2.75, 3.05) is 0 Å². The molecule has 0 atom stereocenters. The molecule has 4 nitrogen and oxygen atoms in total. The second kappa shape index (κ2) is 2.95. The van der Waals surface area contributed by atoms with E-state index < -0.39 is 0 Å². The van der Waals surface area contributed by atoms with Crippen molar-refractivity contribution < 1.29 is 0 Å². The lowest BCUT2D eigenvalue weighted by Crippen LogP contribution is -1.93. The third kappa shape index (κ3) is 1.16. The molecule has 0 aliphatic rings. The van der Waals surface area contributed by atoms with Gasteiger partial charge >= 0.3 is 0 Å². The van der Waals surface area contributed by atoms with Gasteiger partial charge in [0.1, 0.15) is 0 Å². The second-order valence-electron chi connectivity index (χ2n) is 2.23. The maximum atomic E-state index is 3.90. The number of rotatable bonds is 1. The van der Waals surface area contributed by atoms with Crippen LogP contribution >= 0.6 is 27.3 Å². The predicted molar refractivity (Wildman–Crippen MR) is 49.8 cm³/mol. The monoisotopic (exact) mass is 244 g/mol. The number of tetrazole rings is 1. The predicted octanol–water partition coefficient (Wildman–Crippen LogP) is 1.70. The first-order chi connectivity index (χ1) is 5.79. The first-order valence-corrected chi connectivity index (χ1v) is 4.92. The van der Waals surface area contributed by atoms with Crippen molar-refractivity contribution in [1.29, 1.82) is 0 Å². The van der Waals surface area contributed by atoms with Crippen molar-refractivity contribution in [2.45, 2.75) is 0 Å². The van der Waals surface area contributed by atoms with Crippen molar-refractivity contribution in [1.82, 2.24) is 20.2 Å². The van der Waals surface area contributed by atoms with Crippen molar-refractivity contribution in [3.8, 4) is 11.4 Å². The molecule has 0 spiro atoms. The molecule has 0 unspecified atom stereocenters. The van der Waals surface area contributed by atoms with Crippen LogP contribution in [-0.4, -0.2) is 20.2 Å². The molecule has 2 heterocycles. The van der Waals surface area contributed by atoms with Gasteiger partial charge < -0.3 is 0 Å². The molecule has 0 saturated heterocycles. The molecular formula is C6H5BrN4S. The zero-order valence-corrected chi connectivity index (χ0v) is 8.63. The number of thiophene rings is 1. The summed E-state index contributed by atoms with van der Waals surface area (Å²) in [6.45, 7) is 0. The normalized spacial score (nSPS) is 10.5. The number of hydrogen-bond donors (Lipinski definition) is 0. The van der Waals surface area contributed by atoms with Gasteiger partial charge in [-0.15, -0.1) is 16.4 Å². The topological polar surface area (TPSA) is 43.6 Å². The van der Waals surface area contributed by atoms with E-state index in [1.807, 2.05) is 18.5 Å². The fourth-order valence-electron chi connectivity index (χ4n) is 0.911. The maximum absolute atomic E-state index is 3.90. The van der Waals surface area contributed by atoms with Crippen LogP contribution in [0.2, 0.25) is 0 Å². The summed E-state index contributed by atoms with van der Waals surface area (Å²) in [6.07, 6.45) is 0. The van der Waals surface area contributed by atoms with Gasteiger partial charge in [0, 0.05) is 12.6 Å². The average molecular weight is 245 g/mol. The van der Waals surface area contributed by atoms with Crippen LogP contribution in [0.25, 0.3) is 11.4 Å². The summed E-state index contributed by atoms with van der Waals surface area (Å²) >= 11 is 5.05. The second-order valence-corrected chi connectivity index (χ2v) is 4.47. The molecule has 62 valence electrons. The van der Waals surface area contributed by atoms with E-state index in [1.165, 1.54) is 0 Å². The van der Waals surface area contributed by atoms with Gasteiger partial charge in [-0.3, -0.25) is 0 Å². The van der Waals surface area contributed by atoms with Gasteiger partial charge in [-0.2, -0.15) is 0 Å². The lowest BCUT2D eigenvalue weighted by molar-refractivity contribution is 0.715. The summed E-state index contributed by atoms with van der Waals surface area (Å²) in [5.41, 5.74) is 1.03. The maximum Gasteiger partial charge on any atom is 0.183 e. The van der Waals surface area contributed by atoms with E-state index in [-0.39, 0.29) is 0 Å². The van der Waals surface area contributed by atoms with E-state index in [0.717, 1.165) is 15.2 Å². The summed E-state index contributed by atoms with van der Waals surface area (Å²) in [7, 11) is 1.82. The highest BCUT2D eigenvalue weighted by molar-refractivity contribution is 9.11. The molecular weight excluding hydrogens is 240 g/mol. The fourth-order valence-corrected chi connectivity index (χ4v) is 2.15. The Morgan fingerprint density at radius 3 is 2.92 bits per heavy atom. The SMILES string of the molecule is Cn1nnnc1-c1ccsc1Br. The summed E-state index contributed by atoms with van der Waals surface area (Å²) in [6, 6.07) is 1.99. The average Bonchev–Trinajstić information content (AvgIpc) is 2.59. The van der Waals surface area contributed by atoms with E-state index in [0.29, 0.717) is 0 Å². The highest BCUT2D eigenvalue weighted by atomic mass is 79.9. The molecule has 0 aliphatic heterocycles. The molecule has 0 fully saturated rings. The van der Waals surface area contributed by atoms with Gasteiger partial charge in [-0.1, -0.05) is 0 Å². The minimum atomic E-state index is 0.781. The molecule has 0 amide bonds. The van der Waals surface area contributed by atoms with Gasteiger partial charge in [0.2, 0.25) is 0 Å². The number of nitrogens with zero attached hydrogens (tertiary/aromatic N) is 4. The Kier molecular flexibility index (Phi) is 1.93. The first kappa shape index (κ1) is 7.88. The molecule has 12 heavy (non-hydrogen) atoms. The summed E-state index contributed by atoms with van der Waals surface area (Å²) in [5, 5.41) is 13.2. The van der Waals surface area contributed by atoms with Crippen LogP contribution in [0.1, 0.15) is 0 Å². The summed E-state index contributed by atoms with van der Waals surface area (Å²) in [5.74, 6) is 0.781. The molecule has 2 rings (SSSR count).